The van der Waals surface area contributed by atoms with Crippen molar-refractivity contribution in [3.63, 3.8) is 0 Å². The van der Waals surface area contributed by atoms with Gasteiger partial charge in [-0.1, -0.05) is 0 Å². The number of aromatic nitrogens is 2. The molecule has 1 aromatic carbocycles. The van der Waals surface area contributed by atoms with Crippen LogP contribution in [0.1, 0.15) is 16.4 Å². The summed E-state index contributed by atoms with van der Waals surface area (Å²) >= 11 is 3.15. The number of hydrogen-bond donors (Lipinski definition) is 2. The molecule has 3 rings (SSSR count). The highest BCUT2D eigenvalue weighted by Gasteiger charge is 2.09. The van der Waals surface area contributed by atoms with Crippen LogP contribution in [0.4, 0.5) is 5.69 Å². The number of nitro groups is 1. The van der Waals surface area contributed by atoms with Gasteiger partial charge >= 0.3 is 5.91 Å². The quantitative estimate of drug-likeness (QED) is 0.384. The van der Waals surface area contributed by atoms with Crippen LogP contribution < -0.4 is 5.43 Å². The third kappa shape index (κ3) is 3.98. The molecular weight excluding hydrogens is 394 g/mol. The molecular formula is C15H10BrN5O4. The number of non-ortho nitro benzene ring substituents is 1. The highest BCUT2D eigenvalue weighted by Crippen LogP contribution is 2.23. The van der Waals surface area contributed by atoms with E-state index in [1.807, 2.05) is 0 Å². The number of benzene rings is 1. The molecule has 0 bridgehead atoms. The van der Waals surface area contributed by atoms with E-state index in [0.717, 1.165) is 0 Å². The number of nitro benzene ring substituents is 1. The Morgan fingerprint density at radius 2 is 2.08 bits per heavy atom. The molecule has 2 aromatic heterocycles. The lowest BCUT2D eigenvalue weighted by molar-refractivity contribution is -0.384. The first-order valence-corrected chi connectivity index (χ1v) is 7.71. The normalized spacial score (nSPS) is 10.9. The number of rotatable bonds is 5. The number of nitrogens with one attached hydrogen (secondary N) is 2. The summed E-state index contributed by atoms with van der Waals surface area (Å²) in [5.74, 6) is 0.561. The van der Waals surface area contributed by atoms with Gasteiger partial charge in [-0.2, -0.15) is 5.10 Å². The monoisotopic (exact) mass is 403 g/mol. The van der Waals surface area contributed by atoms with Crippen LogP contribution in [-0.4, -0.2) is 27.0 Å². The van der Waals surface area contributed by atoms with E-state index in [1.54, 1.807) is 24.3 Å². The zero-order chi connectivity index (χ0) is 17.8. The molecule has 9 nitrogen and oxygen atoms in total. The van der Waals surface area contributed by atoms with Gasteiger partial charge in [0.05, 0.1) is 17.3 Å². The number of imidazole rings is 1. The maximum absolute atomic E-state index is 11.7. The van der Waals surface area contributed by atoms with Crippen LogP contribution in [-0.2, 0) is 0 Å². The number of H-pyrrole nitrogens is 1. The van der Waals surface area contributed by atoms with E-state index in [0.29, 0.717) is 21.7 Å². The summed E-state index contributed by atoms with van der Waals surface area (Å²) in [6.45, 7) is 0. The number of carbonyl (C=O) groups excluding carboxylic acids is 1. The van der Waals surface area contributed by atoms with E-state index in [9.17, 15) is 14.9 Å². The van der Waals surface area contributed by atoms with Gasteiger partial charge in [0, 0.05) is 17.7 Å². The van der Waals surface area contributed by atoms with Crippen LogP contribution in [0.25, 0.3) is 11.3 Å². The number of hydrogen-bond acceptors (Lipinski definition) is 6. The first kappa shape index (κ1) is 16.6. The van der Waals surface area contributed by atoms with E-state index in [4.69, 9.17) is 4.42 Å². The number of amides is 1. The predicted octanol–water partition coefficient (Wildman–Crippen LogP) is 3.10. The second-order valence-electron chi connectivity index (χ2n) is 4.78. The van der Waals surface area contributed by atoms with Crippen molar-refractivity contribution in [3.8, 4) is 11.3 Å². The van der Waals surface area contributed by atoms with E-state index in [2.05, 4.69) is 36.4 Å². The minimum Gasteiger partial charge on any atom is -0.455 e. The van der Waals surface area contributed by atoms with Crippen LogP contribution in [0.3, 0.4) is 0 Å². The number of nitrogens with zero attached hydrogens (tertiary/aromatic N) is 3. The average Bonchev–Trinajstić information content (AvgIpc) is 3.24. The van der Waals surface area contributed by atoms with Gasteiger partial charge in [0.15, 0.2) is 5.82 Å². The third-order valence-corrected chi connectivity index (χ3v) is 3.51. The van der Waals surface area contributed by atoms with E-state index in [1.165, 1.54) is 24.5 Å². The fraction of sp³-hybridized carbons (Fsp3) is 0. The minimum absolute atomic E-state index is 0.00404. The van der Waals surface area contributed by atoms with Crippen LogP contribution in [0.15, 0.2) is 56.7 Å². The number of hydrazone groups is 1. The van der Waals surface area contributed by atoms with Crippen LogP contribution in [0.5, 0.6) is 0 Å². The topological polar surface area (TPSA) is 126 Å². The second kappa shape index (κ2) is 7.09. The number of furan rings is 1. The molecule has 0 aliphatic heterocycles. The van der Waals surface area contributed by atoms with Crippen molar-refractivity contribution >= 4 is 33.7 Å². The summed E-state index contributed by atoms with van der Waals surface area (Å²) in [4.78, 5) is 28.5. The summed E-state index contributed by atoms with van der Waals surface area (Å²) in [6.07, 6.45) is 2.80. The van der Waals surface area contributed by atoms with E-state index >= 15 is 0 Å². The van der Waals surface area contributed by atoms with Crippen molar-refractivity contribution in [3.05, 3.63) is 68.9 Å². The van der Waals surface area contributed by atoms with Crippen molar-refractivity contribution in [2.24, 2.45) is 5.10 Å². The summed E-state index contributed by atoms with van der Waals surface area (Å²) in [5, 5.41) is 14.4. The molecule has 0 spiro atoms. The summed E-state index contributed by atoms with van der Waals surface area (Å²) in [5.41, 5.74) is 3.00. The van der Waals surface area contributed by atoms with Crippen molar-refractivity contribution < 1.29 is 14.1 Å². The standard InChI is InChI=1S/C15H10BrN5O4/c16-13-8-17-14(19-13)15(22)20-18-7-11-5-6-12(25-11)9-1-3-10(4-2-9)21(23)24/h1-8H,(H,17,19)(H,20,22). The number of aromatic amines is 1. The fourth-order valence-corrected chi connectivity index (χ4v) is 2.24. The van der Waals surface area contributed by atoms with Gasteiger partial charge in [-0.05, 0) is 40.2 Å². The highest BCUT2D eigenvalue weighted by atomic mass is 79.9. The Bertz CT molecular complexity index is 945. The summed E-state index contributed by atoms with van der Waals surface area (Å²) in [6, 6.07) is 9.34. The van der Waals surface area contributed by atoms with Crippen molar-refractivity contribution in [1.82, 2.24) is 15.4 Å². The molecule has 0 atom stereocenters. The fourth-order valence-electron chi connectivity index (χ4n) is 1.95. The van der Waals surface area contributed by atoms with Crippen LogP contribution >= 0.6 is 15.9 Å². The largest absolute Gasteiger partial charge is 0.455 e. The van der Waals surface area contributed by atoms with Crippen LogP contribution in [0, 0.1) is 10.1 Å². The maximum Gasteiger partial charge on any atom is 0.307 e. The molecule has 10 heteroatoms. The Labute approximate surface area is 149 Å². The molecule has 1 amide bonds. The average molecular weight is 404 g/mol. The second-order valence-corrected chi connectivity index (χ2v) is 5.64. The molecule has 0 aliphatic carbocycles. The van der Waals surface area contributed by atoms with Crippen molar-refractivity contribution in [2.45, 2.75) is 0 Å². The zero-order valence-electron chi connectivity index (χ0n) is 12.5. The molecule has 126 valence electrons. The zero-order valence-corrected chi connectivity index (χ0v) is 14.1. The minimum atomic E-state index is -0.496. The molecule has 25 heavy (non-hydrogen) atoms. The summed E-state index contributed by atoms with van der Waals surface area (Å²) in [7, 11) is 0. The molecule has 2 heterocycles. The van der Waals surface area contributed by atoms with Crippen LogP contribution in [0.2, 0.25) is 0 Å². The van der Waals surface area contributed by atoms with Crippen molar-refractivity contribution in [1.29, 1.82) is 0 Å². The lowest BCUT2D eigenvalue weighted by atomic mass is 10.1. The van der Waals surface area contributed by atoms with Gasteiger partial charge < -0.3 is 9.40 Å². The van der Waals surface area contributed by atoms with E-state index in [-0.39, 0.29) is 11.5 Å². The maximum atomic E-state index is 11.7. The van der Waals surface area contributed by atoms with Gasteiger partial charge in [0.1, 0.15) is 16.1 Å². The van der Waals surface area contributed by atoms with Gasteiger partial charge in [-0.25, -0.2) is 10.4 Å². The lowest BCUT2D eigenvalue weighted by Gasteiger charge is -1.96. The molecule has 0 fully saturated rings. The van der Waals surface area contributed by atoms with Gasteiger partial charge in [0.25, 0.3) is 5.69 Å². The first-order chi connectivity index (χ1) is 12.0. The highest BCUT2D eigenvalue weighted by molar-refractivity contribution is 9.10. The van der Waals surface area contributed by atoms with E-state index < -0.39 is 10.8 Å². The van der Waals surface area contributed by atoms with Crippen molar-refractivity contribution in [2.75, 3.05) is 0 Å². The summed E-state index contributed by atoms with van der Waals surface area (Å²) < 4.78 is 6.14. The molecule has 0 radical (unpaired) electrons. The third-order valence-electron chi connectivity index (χ3n) is 3.11. The Hall–Kier alpha value is -3.27. The molecule has 0 unspecified atom stereocenters. The Morgan fingerprint density at radius 1 is 1.32 bits per heavy atom. The van der Waals surface area contributed by atoms with Gasteiger partial charge in [0.2, 0.25) is 0 Å². The Morgan fingerprint density at radius 3 is 2.72 bits per heavy atom. The smallest absolute Gasteiger partial charge is 0.307 e. The Kier molecular flexibility index (Phi) is 4.70. The van der Waals surface area contributed by atoms with Gasteiger partial charge in [-0.15, -0.1) is 0 Å². The number of halogens is 1. The molecule has 2 N–H and O–H groups in total. The predicted molar refractivity (Wildman–Crippen MR) is 92.1 cm³/mol. The molecule has 0 saturated heterocycles. The first-order valence-electron chi connectivity index (χ1n) is 6.91. The Balaban J connectivity index is 1.65. The molecule has 0 aliphatic rings. The molecule has 0 saturated carbocycles. The SMILES string of the molecule is O=C(NN=Cc1ccc(-c2ccc([N+](=O)[O-])cc2)o1)c1ncc(Br)[nH]1. The number of carbonyl (C=O) groups is 1. The van der Waals surface area contributed by atoms with Gasteiger partial charge in [-0.3, -0.25) is 14.9 Å². The molecule has 3 aromatic rings. The lowest BCUT2D eigenvalue weighted by Crippen LogP contribution is -2.18.